The van der Waals surface area contributed by atoms with E-state index in [1.165, 1.54) is 0 Å². The fraction of sp³-hybridized carbons (Fsp3) is 0.429. The molecule has 1 atom stereocenters. The number of methoxy groups -OCH3 is 3. The highest BCUT2D eigenvalue weighted by Crippen LogP contribution is 2.44. The molecule has 0 spiro atoms. The largest absolute Gasteiger partial charge is 0.493 e. The van der Waals surface area contributed by atoms with Crippen LogP contribution in [0.1, 0.15) is 36.8 Å². The van der Waals surface area contributed by atoms with E-state index in [9.17, 15) is 4.79 Å². The van der Waals surface area contributed by atoms with Crippen LogP contribution in [0, 0.1) is 6.92 Å². The van der Waals surface area contributed by atoms with Gasteiger partial charge in [0.25, 0.3) is 5.91 Å². The number of pyridine rings is 1. The summed E-state index contributed by atoms with van der Waals surface area (Å²) in [5, 5.41) is 0.817. The van der Waals surface area contributed by atoms with Crippen molar-refractivity contribution in [1.29, 1.82) is 0 Å². The summed E-state index contributed by atoms with van der Waals surface area (Å²) in [6.07, 6.45) is 3.42. The summed E-state index contributed by atoms with van der Waals surface area (Å²) in [4.78, 5) is 20.5. The van der Waals surface area contributed by atoms with Crippen LogP contribution in [-0.2, 0) is 16.1 Å². The molecule has 1 aliphatic carbocycles. The molecule has 1 saturated heterocycles. The second-order valence-electron chi connectivity index (χ2n) is 9.22. The minimum Gasteiger partial charge on any atom is -0.493 e. The van der Waals surface area contributed by atoms with E-state index < -0.39 is 0 Å². The number of carbonyl (C=O) groups is 1. The Kier molecular flexibility index (Phi) is 6.52. The molecule has 1 amide bonds. The third kappa shape index (κ3) is 4.41. The minimum absolute atomic E-state index is 0.0834. The quantitative estimate of drug-likeness (QED) is 0.460. The molecule has 0 radical (unpaired) electrons. The first-order valence-corrected chi connectivity index (χ1v) is 12.2. The first kappa shape index (κ1) is 23.4. The van der Waals surface area contributed by atoms with Gasteiger partial charge in [-0.15, -0.1) is 0 Å². The molecule has 7 heteroatoms. The van der Waals surface area contributed by atoms with Crippen LogP contribution < -0.4 is 14.2 Å². The van der Waals surface area contributed by atoms with Crippen molar-refractivity contribution >= 4 is 16.8 Å². The number of aromatic nitrogens is 1. The maximum absolute atomic E-state index is 13.4. The second-order valence-corrected chi connectivity index (χ2v) is 9.22. The van der Waals surface area contributed by atoms with Crippen molar-refractivity contribution in [1.82, 2.24) is 9.88 Å². The van der Waals surface area contributed by atoms with E-state index >= 15 is 0 Å². The van der Waals surface area contributed by atoms with Crippen LogP contribution in [0.4, 0.5) is 0 Å². The number of carbonyl (C=O) groups excluding carboxylic acids is 1. The zero-order valence-corrected chi connectivity index (χ0v) is 20.8. The Morgan fingerprint density at radius 1 is 1.06 bits per heavy atom. The van der Waals surface area contributed by atoms with Crippen LogP contribution in [0.15, 0.2) is 36.4 Å². The van der Waals surface area contributed by atoms with Crippen molar-refractivity contribution < 1.29 is 23.7 Å². The van der Waals surface area contributed by atoms with Crippen LogP contribution in [0.5, 0.6) is 17.2 Å². The highest BCUT2D eigenvalue weighted by atomic mass is 16.5. The van der Waals surface area contributed by atoms with E-state index in [0.717, 1.165) is 59.0 Å². The predicted molar refractivity (Wildman–Crippen MR) is 134 cm³/mol. The number of ether oxygens (including phenoxy) is 4. The average Bonchev–Trinajstić information content (AvgIpc) is 3.57. The summed E-state index contributed by atoms with van der Waals surface area (Å²) in [6.45, 7) is 3.20. The molecule has 2 aromatic carbocycles. The first-order valence-electron chi connectivity index (χ1n) is 12.2. The Labute approximate surface area is 205 Å². The third-order valence-corrected chi connectivity index (χ3v) is 6.92. The van der Waals surface area contributed by atoms with Gasteiger partial charge in [-0.3, -0.25) is 4.79 Å². The Morgan fingerprint density at radius 3 is 2.46 bits per heavy atom. The molecule has 0 N–H and O–H groups in total. The third-order valence-electron chi connectivity index (χ3n) is 6.92. The standard InChI is InChI=1S/C28H32N2O5/c1-17-8-5-6-9-20(17)25-18(16-30(19-11-12-19)28(31)23-10-7-13-35-23)14-21-22(29-25)15-24(32-2)27(34-4)26(21)33-3/h5-6,8-9,14-15,19,23H,7,10-13,16H2,1-4H3/t23-/m0/s1. The van der Waals surface area contributed by atoms with Gasteiger partial charge in [-0.25, -0.2) is 4.98 Å². The van der Waals surface area contributed by atoms with E-state index in [1.807, 2.05) is 23.1 Å². The number of hydrogen-bond donors (Lipinski definition) is 0. The topological polar surface area (TPSA) is 70.1 Å². The molecule has 0 unspecified atom stereocenters. The van der Waals surface area contributed by atoms with Crippen molar-refractivity contribution in [3.05, 3.63) is 47.5 Å². The molecule has 2 heterocycles. The van der Waals surface area contributed by atoms with Gasteiger partial charge in [-0.1, -0.05) is 24.3 Å². The van der Waals surface area contributed by atoms with Gasteiger partial charge in [0, 0.05) is 36.2 Å². The Bertz CT molecular complexity index is 1250. The van der Waals surface area contributed by atoms with E-state index in [-0.39, 0.29) is 18.1 Å². The first-order chi connectivity index (χ1) is 17.0. The minimum atomic E-state index is -0.343. The lowest BCUT2D eigenvalue weighted by Gasteiger charge is -2.27. The number of hydrogen-bond acceptors (Lipinski definition) is 6. The van der Waals surface area contributed by atoms with Crippen molar-refractivity contribution in [2.75, 3.05) is 27.9 Å². The zero-order chi connectivity index (χ0) is 24.5. The van der Waals surface area contributed by atoms with E-state index in [1.54, 1.807) is 21.3 Å². The van der Waals surface area contributed by atoms with Crippen LogP contribution in [0.3, 0.4) is 0 Å². The Hall–Kier alpha value is -3.32. The molecule has 184 valence electrons. The van der Waals surface area contributed by atoms with Crippen molar-refractivity contribution in [3.8, 4) is 28.5 Å². The van der Waals surface area contributed by atoms with Gasteiger partial charge < -0.3 is 23.8 Å². The van der Waals surface area contributed by atoms with Crippen LogP contribution in [-0.4, -0.2) is 55.9 Å². The number of aryl methyl sites for hydroxylation is 1. The molecule has 35 heavy (non-hydrogen) atoms. The summed E-state index contributed by atoms with van der Waals surface area (Å²) < 4.78 is 22.7. The monoisotopic (exact) mass is 476 g/mol. The Morgan fingerprint density at radius 2 is 1.83 bits per heavy atom. The normalized spacial score (nSPS) is 17.4. The SMILES string of the molecule is COc1cc2nc(-c3ccccc3C)c(CN(C(=O)[C@@H]3CCCO3)C3CC3)cc2c(OC)c1OC. The molecule has 1 saturated carbocycles. The lowest BCUT2D eigenvalue weighted by molar-refractivity contribution is -0.142. The summed E-state index contributed by atoms with van der Waals surface area (Å²) in [7, 11) is 4.81. The Balaban J connectivity index is 1.68. The highest BCUT2D eigenvalue weighted by Gasteiger charge is 2.38. The molecular weight excluding hydrogens is 444 g/mol. The lowest BCUT2D eigenvalue weighted by atomic mass is 9.98. The molecule has 2 aliphatic rings. The smallest absolute Gasteiger partial charge is 0.252 e. The van der Waals surface area contributed by atoms with Gasteiger partial charge in [-0.2, -0.15) is 0 Å². The fourth-order valence-electron chi connectivity index (χ4n) is 4.94. The fourth-order valence-corrected chi connectivity index (χ4v) is 4.94. The lowest BCUT2D eigenvalue weighted by Crippen LogP contribution is -2.40. The van der Waals surface area contributed by atoms with Crippen molar-refractivity contribution in [2.45, 2.75) is 51.3 Å². The number of amides is 1. The summed E-state index contributed by atoms with van der Waals surface area (Å²) in [5.74, 6) is 1.73. The summed E-state index contributed by atoms with van der Waals surface area (Å²) in [6, 6.07) is 12.4. The molecule has 3 aromatic rings. The van der Waals surface area contributed by atoms with Gasteiger partial charge in [0.1, 0.15) is 6.10 Å². The molecule has 5 rings (SSSR count). The molecule has 0 bridgehead atoms. The van der Waals surface area contributed by atoms with Gasteiger partial charge in [0.15, 0.2) is 11.5 Å². The zero-order valence-electron chi connectivity index (χ0n) is 20.8. The number of fused-ring (bicyclic) bond motifs is 1. The average molecular weight is 477 g/mol. The van der Waals surface area contributed by atoms with Crippen molar-refractivity contribution in [3.63, 3.8) is 0 Å². The van der Waals surface area contributed by atoms with E-state index in [4.69, 9.17) is 23.9 Å². The van der Waals surface area contributed by atoms with Crippen LogP contribution in [0.2, 0.25) is 0 Å². The molecule has 1 aliphatic heterocycles. The van der Waals surface area contributed by atoms with Crippen molar-refractivity contribution in [2.24, 2.45) is 0 Å². The highest BCUT2D eigenvalue weighted by molar-refractivity contribution is 5.93. The molecule has 2 fully saturated rings. The van der Waals surface area contributed by atoms with Crippen LogP contribution >= 0.6 is 0 Å². The second kappa shape index (κ2) is 9.74. The summed E-state index contributed by atoms with van der Waals surface area (Å²) in [5.41, 5.74) is 4.73. The van der Waals surface area contributed by atoms with Gasteiger partial charge >= 0.3 is 0 Å². The van der Waals surface area contributed by atoms with Gasteiger partial charge in [-0.05, 0) is 49.8 Å². The van der Waals surface area contributed by atoms with Gasteiger partial charge in [0.05, 0.1) is 32.5 Å². The van der Waals surface area contributed by atoms with Crippen LogP contribution in [0.25, 0.3) is 22.2 Å². The molecule has 1 aromatic heterocycles. The number of benzene rings is 2. The number of nitrogens with zero attached hydrogens (tertiary/aromatic N) is 2. The molecule has 7 nitrogen and oxygen atoms in total. The summed E-state index contributed by atoms with van der Waals surface area (Å²) >= 11 is 0. The number of rotatable bonds is 8. The maximum atomic E-state index is 13.4. The van der Waals surface area contributed by atoms with Gasteiger partial charge in [0.2, 0.25) is 5.75 Å². The molecular formula is C28H32N2O5. The predicted octanol–water partition coefficient (Wildman–Crippen LogP) is 4.91. The van der Waals surface area contributed by atoms with E-state index in [0.29, 0.717) is 30.4 Å². The van der Waals surface area contributed by atoms with E-state index in [2.05, 4.69) is 25.1 Å². The maximum Gasteiger partial charge on any atom is 0.252 e.